The van der Waals surface area contributed by atoms with Gasteiger partial charge in [-0.05, 0) is 49.6 Å². The van der Waals surface area contributed by atoms with Gasteiger partial charge in [0, 0.05) is 30.5 Å². The van der Waals surface area contributed by atoms with Crippen LogP contribution in [0.2, 0.25) is 0 Å². The van der Waals surface area contributed by atoms with E-state index in [0.717, 1.165) is 29.9 Å². The Bertz CT molecular complexity index is 638. The molecule has 0 aliphatic rings. The molecule has 0 atom stereocenters. The van der Waals surface area contributed by atoms with Crippen LogP contribution in [0.3, 0.4) is 0 Å². The maximum absolute atomic E-state index is 12.1. The molecule has 1 aromatic carbocycles. The number of nitrogen functional groups attached to an aromatic ring is 1. The number of aryl methyl sites for hydroxylation is 2. The zero-order chi connectivity index (χ0) is 15.9. The minimum absolute atomic E-state index is 0.0849. The molecular weight excluding hydrogens is 276 g/mol. The van der Waals surface area contributed by atoms with E-state index in [9.17, 15) is 4.79 Å². The third kappa shape index (κ3) is 4.48. The minimum atomic E-state index is -0.0849. The van der Waals surface area contributed by atoms with Crippen molar-refractivity contribution in [3.05, 3.63) is 53.2 Å². The molecule has 0 spiro atoms. The van der Waals surface area contributed by atoms with E-state index in [1.165, 1.54) is 0 Å². The largest absolute Gasteiger partial charge is 0.399 e. The fourth-order valence-corrected chi connectivity index (χ4v) is 2.06. The first-order chi connectivity index (χ1) is 10.6. The second-order valence-electron chi connectivity index (χ2n) is 5.33. The van der Waals surface area contributed by atoms with Crippen molar-refractivity contribution in [1.29, 1.82) is 0 Å². The summed E-state index contributed by atoms with van der Waals surface area (Å²) in [5.74, 6) is 0.766. The van der Waals surface area contributed by atoms with Gasteiger partial charge in [-0.15, -0.1) is 0 Å². The number of hydrogen-bond donors (Lipinski definition) is 3. The summed E-state index contributed by atoms with van der Waals surface area (Å²) in [6, 6.07) is 9.32. The Labute approximate surface area is 130 Å². The van der Waals surface area contributed by atoms with E-state index in [-0.39, 0.29) is 5.91 Å². The van der Waals surface area contributed by atoms with E-state index >= 15 is 0 Å². The number of benzene rings is 1. The minimum Gasteiger partial charge on any atom is -0.399 e. The van der Waals surface area contributed by atoms with Crippen LogP contribution in [-0.2, 0) is 0 Å². The molecule has 116 valence electrons. The van der Waals surface area contributed by atoms with Gasteiger partial charge in [-0.2, -0.15) is 0 Å². The molecule has 5 nitrogen and oxygen atoms in total. The van der Waals surface area contributed by atoms with E-state index in [1.807, 2.05) is 38.2 Å². The molecule has 0 aliphatic carbocycles. The van der Waals surface area contributed by atoms with Crippen LogP contribution in [0.1, 0.15) is 27.9 Å². The van der Waals surface area contributed by atoms with Crippen LogP contribution >= 0.6 is 0 Å². The zero-order valence-electron chi connectivity index (χ0n) is 13.0. The Morgan fingerprint density at radius 3 is 2.73 bits per heavy atom. The van der Waals surface area contributed by atoms with Gasteiger partial charge in [0.1, 0.15) is 5.82 Å². The summed E-state index contributed by atoms with van der Waals surface area (Å²) in [6.07, 6.45) is 2.65. The number of nitrogens with zero attached hydrogens (tertiary/aromatic N) is 1. The highest BCUT2D eigenvalue weighted by Gasteiger charge is 2.08. The number of aromatic nitrogens is 1. The second kappa shape index (κ2) is 7.45. The van der Waals surface area contributed by atoms with Crippen molar-refractivity contribution in [2.24, 2.45) is 0 Å². The highest BCUT2D eigenvalue weighted by atomic mass is 16.1. The SMILES string of the molecule is Cc1ccc(NCCCNC(=O)c2cc(N)ccc2C)nc1. The lowest BCUT2D eigenvalue weighted by molar-refractivity contribution is 0.0953. The van der Waals surface area contributed by atoms with Gasteiger partial charge < -0.3 is 16.4 Å². The summed E-state index contributed by atoms with van der Waals surface area (Å²) >= 11 is 0. The van der Waals surface area contributed by atoms with Gasteiger partial charge in [-0.25, -0.2) is 4.98 Å². The van der Waals surface area contributed by atoms with Gasteiger partial charge in [0.25, 0.3) is 5.91 Å². The van der Waals surface area contributed by atoms with Gasteiger partial charge in [0.05, 0.1) is 0 Å². The van der Waals surface area contributed by atoms with Gasteiger partial charge >= 0.3 is 0 Å². The molecule has 4 N–H and O–H groups in total. The van der Waals surface area contributed by atoms with Gasteiger partial charge in [0.15, 0.2) is 0 Å². The van der Waals surface area contributed by atoms with Crippen LogP contribution < -0.4 is 16.4 Å². The summed E-state index contributed by atoms with van der Waals surface area (Å²) in [6.45, 7) is 5.27. The van der Waals surface area contributed by atoms with E-state index in [0.29, 0.717) is 17.8 Å². The Morgan fingerprint density at radius 1 is 1.18 bits per heavy atom. The normalized spacial score (nSPS) is 10.3. The average molecular weight is 298 g/mol. The van der Waals surface area contributed by atoms with Crippen LogP contribution in [-0.4, -0.2) is 24.0 Å². The number of amides is 1. The summed E-state index contributed by atoms with van der Waals surface area (Å²) in [5, 5.41) is 6.13. The first-order valence-electron chi connectivity index (χ1n) is 7.37. The van der Waals surface area contributed by atoms with E-state index in [4.69, 9.17) is 5.73 Å². The van der Waals surface area contributed by atoms with Crippen molar-refractivity contribution in [2.75, 3.05) is 24.1 Å². The van der Waals surface area contributed by atoms with Crippen LogP contribution in [0.4, 0.5) is 11.5 Å². The molecule has 0 aliphatic heterocycles. The Morgan fingerprint density at radius 2 is 2.00 bits per heavy atom. The summed E-state index contributed by atoms with van der Waals surface area (Å²) in [7, 11) is 0. The molecule has 0 bridgehead atoms. The van der Waals surface area contributed by atoms with Crippen molar-refractivity contribution in [1.82, 2.24) is 10.3 Å². The molecule has 2 aromatic rings. The first kappa shape index (κ1) is 15.8. The zero-order valence-corrected chi connectivity index (χ0v) is 13.0. The van der Waals surface area contributed by atoms with E-state index in [1.54, 1.807) is 12.1 Å². The number of pyridine rings is 1. The van der Waals surface area contributed by atoms with E-state index < -0.39 is 0 Å². The lowest BCUT2D eigenvalue weighted by Gasteiger charge is -2.09. The lowest BCUT2D eigenvalue weighted by atomic mass is 10.1. The second-order valence-corrected chi connectivity index (χ2v) is 5.33. The Balaban J connectivity index is 1.73. The fourth-order valence-electron chi connectivity index (χ4n) is 2.06. The number of carbonyl (C=O) groups excluding carboxylic acids is 1. The van der Waals surface area contributed by atoms with Crippen molar-refractivity contribution in [3.8, 4) is 0 Å². The number of nitrogens with one attached hydrogen (secondary N) is 2. The molecule has 22 heavy (non-hydrogen) atoms. The van der Waals surface area contributed by atoms with Crippen molar-refractivity contribution in [2.45, 2.75) is 20.3 Å². The standard InChI is InChI=1S/C17H22N4O/c1-12-4-7-16(21-11-12)19-8-3-9-20-17(22)15-10-14(18)6-5-13(15)2/h4-7,10-11H,3,8-9,18H2,1-2H3,(H,19,21)(H,20,22). The fraction of sp³-hybridized carbons (Fsp3) is 0.294. The number of carbonyl (C=O) groups is 1. The van der Waals surface area contributed by atoms with Crippen LogP contribution in [0.15, 0.2) is 36.5 Å². The maximum Gasteiger partial charge on any atom is 0.251 e. The van der Waals surface area contributed by atoms with Crippen LogP contribution in [0.25, 0.3) is 0 Å². The van der Waals surface area contributed by atoms with Crippen molar-refractivity contribution >= 4 is 17.4 Å². The summed E-state index contributed by atoms with van der Waals surface area (Å²) < 4.78 is 0. The molecular formula is C17H22N4O. The number of rotatable bonds is 6. The highest BCUT2D eigenvalue weighted by molar-refractivity contribution is 5.96. The summed E-state index contributed by atoms with van der Waals surface area (Å²) in [5.41, 5.74) is 9.01. The molecule has 0 saturated carbocycles. The number of hydrogen-bond acceptors (Lipinski definition) is 4. The molecule has 1 heterocycles. The quantitative estimate of drug-likeness (QED) is 0.565. The van der Waals surface area contributed by atoms with Gasteiger partial charge in [0.2, 0.25) is 0 Å². The molecule has 0 unspecified atom stereocenters. The molecule has 1 amide bonds. The number of anilines is 2. The van der Waals surface area contributed by atoms with Crippen molar-refractivity contribution < 1.29 is 4.79 Å². The van der Waals surface area contributed by atoms with Gasteiger partial charge in [-0.1, -0.05) is 12.1 Å². The van der Waals surface area contributed by atoms with E-state index in [2.05, 4.69) is 15.6 Å². The monoisotopic (exact) mass is 298 g/mol. The Hall–Kier alpha value is -2.56. The smallest absolute Gasteiger partial charge is 0.251 e. The lowest BCUT2D eigenvalue weighted by Crippen LogP contribution is -2.26. The predicted octanol–water partition coefficient (Wildman–Crippen LogP) is 2.51. The maximum atomic E-state index is 12.1. The highest BCUT2D eigenvalue weighted by Crippen LogP contribution is 2.12. The van der Waals surface area contributed by atoms with Gasteiger partial charge in [-0.3, -0.25) is 4.79 Å². The van der Waals surface area contributed by atoms with Crippen LogP contribution in [0.5, 0.6) is 0 Å². The average Bonchev–Trinajstić information content (AvgIpc) is 2.51. The summed E-state index contributed by atoms with van der Waals surface area (Å²) in [4.78, 5) is 16.4. The predicted molar refractivity (Wildman–Crippen MR) is 90.0 cm³/mol. The first-order valence-corrected chi connectivity index (χ1v) is 7.37. The third-order valence-corrected chi connectivity index (χ3v) is 3.36. The topological polar surface area (TPSA) is 80.0 Å². The molecule has 0 radical (unpaired) electrons. The Kier molecular flexibility index (Phi) is 5.36. The molecule has 5 heteroatoms. The molecule has 0 saturated heterocycles. The molecule has 2 rings (SSSR count). The molecule has 0 fully saturated rings. The number of nitrogens with two attached hydrogens (primary N) is 1. The van der Waals surface area contributed by atoms with Crippen molar-refractivity contribution in [3.63, 3.8) is 0 Å². The third-order valence-electron chi connectivity index (χ3n) is 3.36. The molecule has 1 aromatic heterocycles. The van der Waals surface area contributed by atoms with Crippen LogP contribution in [0, 0.1) is 13.8 Å².